The number of rotatable bonds is 8. The second-order valence-electron chi connectivity index (χ2n) is 4.41. The summed E-state index contributed by atoms with van der Waals surface area (Å²) < 4.78 is 0. The summed E-state index contributed by atoms with van der Waals surface area (Å²) >= 11 is 0. The number of carbonyl (C=O) groups is 1. The van der Waals surface area contributed by atoms with Crippen LogP contribution in [-0.2, 0) is 0 Å². The maximum absolute atomic E-state index is 11.7. The molecule has 16 heavy (non-hydrogen) atoms. The van der Waals surface area contributed by atoms with Gasteiger partial charge in [0.15, 0.2) is 0 Å². The molecule has 0 saturated carbocycles. The SMILES string of the molecule is C=CN1CCN(CCCCCCCC)C1=O. The zero-order valence-electron chi connectivity index (χ0n) is 10.5. The summed E-state index contributed by atoms with van der Waals surface area (Å²) in [4.78, 5) is 15.3. The number of hydrogen-bond donors (Lipinski definition) is 0. The largest absolute Gasteiger partial charge is 0.324 e. The Morgan fingerprint density at radius 2 is 1.88 bits per heavy atom. The third kappa shape index (κ3) is 3.87. The summed E-state index contributed by atoms with van der Waals surface area (Å²) in [6, 6.07) is 0.128. The molecule has 0 unspecified atom stereocenters. The summed E-state index contributed by atoms with van der Waals surface area (Å²) in [6.07, 6.45) is 9.29. The Labute approximate surface area is 99.1 Å². The van der Waals surface area contributed by atoms with E-state index < -0.39 is 0 Å². The Balaban J connectivity index is 2.05. The second kappa shape index (κ2) is 7.31. The molecule has 1 fully saturated rings. The molecule has 0 aliphatic carbocycles. The van der Waals surface area contributed by atoms with Crippen LogP contribution in [0.2, 0.25) is 0 Å². The molecule has 1 saturated heterocycles. The van der Waals surface area contributed by atoms with Crippen molar-refractivity contribution in [1.29, 1.82) is 0 Å². The molecule has 0 spiro atoms. The summed E-state index contributed by atoms with van der Waals surface area (Å²) in [5.41, 5.74) is 0. The number of unbranched alkanes of at least 4 members (excludes halogenated alkanes) is 5. The van der Waals surface area contributed by atoms with Gasteiger partial charge in [0.25, 0.3) is 0 Å². The fourth-order valence-corrected chi connectivity index (χ4v) is 2.06. The van der Waals surface area contributed by atoms with Crippen LogP contribution in [-0.4, -0.2) is 35.5 Å². The molecule has 0 radical (unpaired) electrons. The highest BCUT2D eigenvalue weighted by molar-refractivity contribution is 5.77. The van der Waals surface area contributed by atoms with Gasteiger partial charge in [-0.25, -0.2) is 4.79 Å². The third-order valence-electron chi connectivity index (χ3n) is 3.13. The van der Waals surface area contributed by atoms with E-state index >= 15 is 0 Å². The molecular formula is C13H24N2O. The zero-order chi connectivity index (χ0) is 11.8. The maximum Gasteiger partial charge on any atom is 0.324 e. The first-order valence-electron chi connectivity index (χ1n) is 6.47. The number of hydrogen-bond acceptors (Lipinski definition) is 1. The van der Waals surface area contributed by atoms with Crippen LogP contribution < -0.4 is 0 Å². The lowest BCUT2D eigenvalue weighted by atomic mass is 10.1. The minimum absolute atomic E-state index is 0.128. The van der Waals surface area contributed by atoms with Crippen molar-refractivity contribution in [2.45, 2.75) is 45.4 Å². The van der Waals surface area contributed by atoms with Crippen LogP contribution in [0.5, 0.6) is 0 Å². The number of amides is 2. The van der Waals surface area contributed by atoms with Crippen molar-refractivity contribution in [2.24, 2.45) is 0 Å². The average Bonchev–Trinajstić information content (AvgIpc) is 2.65. The highest BCUT2D eigenvalue weighted by Gasteiger charge is 2.25. The fourth-order valence-electron chi connectivity index (χ4n) is 2.06. The molecule has 2 amide bonds. The topological polar surface area (TPSA) is 23.6 Å². The van der Waals surface area contributed by atoms with Crippen molar-refractivity contribution in [3.8, 4) is 0 Å². The normalized spacial score (nSPS) is 15.9. The monoisotopic (exact) mass is 224 g/mol. The van der Waals surface area contributed by atoms with Crippen LogP contribution >= 0.6 is 0 Å². The molecule has 0 bridgehead atoms. The van der Waals surface area contributed by atoms with Gasteiger partial charge in [-0.1, -0.05) is 45.6 Å². The molecule has 92 valence electrons. The van der Waals surface area contributed by atoms with Gasteiger partial charge >= 0.3 is 6.03 Å². The van der Waals surface area contributed by atoms with E-state index in [2.05, 4.69) is 13.5 Å². The van der Waals surface area contributed by atoms with Crippen molar-refractivity contribution in [2.75, 3.05) is 19.6 Å². The molecule has 0 aromatic carbocycles. The van der Waals surface area contributed by atoms with Crippen LogP contribution in [0, 0.1) is 0 Å². The van der Waals surface area contributed by atoms with Crippen LogP contribution in [0.25, 0.3) is 0 Å². The molecular weight excluding hydrogens is 200 g/mol. The Kier molecular flexibility index (Phi) is 5.98. The minimum Gasteiger partial charge on any atom is -0.323 e. The Morgan fingerprint density at radius 1 is 1.19 bits per heavy atom. The second-order valence-corrected chi connectivity index (χ2v) is 4.41. The molecule has 0 aromatic rings. The highest BCUT2D eigenvalue weighted by Crippen LogP contribution is 2.11. The number of nitrogens with zero attached hydrogens (tertiary/aromatic N) is 2. The van der Waals surface area contributed by atoms with Crippen LogP contribution in [0.3, 0.4) is 0 Å². The van der Waals surface area contributed by atoms with E-state index in [9.17, 15) is 4.79 Å². The average molecular weight is 224 g/mol. The van der Waals surface area contributed by atoms with Gasteiger partial charge in [0, 0.05) is 25.8 Å². The lowest BCUT2D eigenvalue weighted by Gasteiger charge is -2.15. The van der Waals surface area contributed by atoms with Crippen LogP contribution in [0.4, 0.5) is 4.79 Å². The van der Waals surface area contributed by atoms with E-state index in [1.807, 2.05) is 4.90 Å². The molecule has 3 nitrogen and oxygen atoms in total. The van der Waals surface area contributed by atoms with Gasteiger partial charge in [-0.3, -0.25) is 4.90 Å². The minimum atomic E-state index is 0.128. The number of urea groups is 1. The summed E-state index contributed by atoms with van der Waals surface area (Å²) in [7, 11) is 0. The van der Waals surface area contributed by atoms with E-state index in [0.717, 1.165) is 26.1 Å². The predicted molar refractivity (Wildman–Crippen MR) is 67.2 cm³/mol. The summed E-state index contributed by atoms with van der Waals surface area (Å²) in [5.74, 6) is 0. The van der Waals surface area contributed by atoms with Gasteiger partial charge in [0.1, 0.15) is 0 Å². The predicted octanol–water partition coefficient (Wildman–Crippen LogP) is 3.23. The molecule has 1 rings (SSSR count). The van der Waals surface area contributed by atoms with Crippen molar-refractivity contribution in [1.82, 2.24) is 9.80 Å². The van der Waals surface area contributed by atoms with Gasteiger partial charge in [-0.05, 0) is 6.42 Å². The Hall–Kier alpha value is -0.990. The molecule has 1 aliphatic heterocycles. The summed E-state index contributed by atoms with van der Waals surface area (Å²) in [5, 5.41) is 0. The molecule has 0 N–H and O–H groups in total. The van der Waals surface area contributed by atoms with E-state index in [4.69, 9.17) is 0 Å². The highest BCUT2D eigenvalue weighted by atomic mass is 16.2. The van der Waals surface area contributed by atoms with Gasteiger partial charge in [-0.2, -0.15) is 0 Å². The van der Waals surface area contributed by atoms with Crippen molar-refractivity contribution >= 4 is 6.03 Å². The molecule has 0 aromatic heterocycles. The molecule has 3 heteroatoms. The first-order chi connectivity index (χ1) is 7.79. The number of carbonyl (C=O) groups excluding carboxylic acids is 1. The smallest absolute Gasteiger partial charge is 0.323 e. The van der Waals surface area contributed by atoms with E-state index in [1.54, 1.807) is 11.1 Å². The van der Waals surface area contributed by atoms with E-state index in [1.165, 1.54) is 32.1 Å². The lowest BCUT2D eigenvalue weighted by Crippen LogP contribution is -2.29. The van der Waals surface area contributed by atoms with Crippen LogP contribution in [0.15, 0.2) is 12.8 Å². The van der Waals surface area contributed by atoms with E-state index in [-0.39, 0.29) is 6.03 Å². The zero-order valence-corrected chi connectivity index (χ0v) is 10.5. The fraction of sp³-hybridized carbons (Fsp3) is 0.769. The summed E-state index contributed by atoms with van der Waals surface area (Å²) in [6.45, 7) is 8.44. The molecule has 1 aliphatic rings. The van der Waals surface area contributed by atoms with Gasteiger partial charge in [-0.15, -0.1) is 0 Å². The van der Waals surface area contributed by atoms with Gasteiger partial charge in [0.05, 0.1) is 0 Å². The Bertz CT molecular complexity index is 228. The first kappa shape index (κ1) is 13.1. The van der Waals surface area contributed by atoms with Gasteiger partial charge in [0.2, 0.25) is 0 Å². The quantitative estimate of drug-likeness (QED) is 0.581. The van der Waals surface area contributed by atoms with Crippen molar-refractivity contribution < 1.29 is 4.79 Å². The lowest BCUT2D eigenvalue weighted by molar-refractivity contribution is 0.201. The maximum atomic E-state index is 11.7. The molecule has 0 atom stereocenters. The van der Waals surface area contributed by atoms with Crippen molar-refractivity contribution in [3.05, 3.63) is 12.8 Å². The third-order valence-corrected chi connectivity index (χ3v) is 3.13. The first-order valence-corrected chi connectivity index (χ1v) is 6.47. The molecule has 1 heterocycles. The standard InChI is InChI=1S/C13H24N2O/c1-3-5-6-7-8-9-10-15-12-11-14(4-2)13(15)16/h4H,2-3,5-12H2,1H3. The Morgan fingerprint density at radius 3 is 2.50 bits per heavy atom. The van der Waals surface area contributed by atoms with Gasteiger partial charge < -0.3 is 4.90 Å². The van der Waals surface area contributed by atoms with Crippen LogP contribution in [0.1, 0.15) is 45.4 Å². The van der Waals surface area contributed by atoms with E-state index in [0.29, 0.717) is 0 Å². The van der Waals surface area contributed by atoms with Crippen molar-refractivity contribution in [3.63, 3.8) is 0 Å².